The van der Waals surface area contributed by atoms with E-state index in [0.29, 0.717) is 10.6 Å². The van der Waals surface area contributed by atoms with Crippen LogP contribution in [0.15, 0.2) is 71.6 Å². The van der Waals surface area contributed by atoms with Crippen LogP contribution in [0.4, 0.5) is 11.4 Å². The Hall–Kier alpha value is -3.07. The summed E-state index contributed by atoms with van der Waals surface area (Å²) in [6.07, 6.45) is 0. The van der Waals surface area contributed by atoms with Gasteiger partial charge in [-0.05, 0) is 61.9 Å². The number of amides is 1. The molecule has 0 heterocycles. The molecule has 3 aromatic carbocycles. The molecule has 0 aromatic heterocycles. The SMILES string of the molecule is CCOC(=O)c1cc(NC(=O)CN(c2cccc(Cl)c2C)S(=O)(=O)c2ccccc2)ccc1Cl. The fourth-order valence-corrected chi connectivity index (χ4v) is 5.05. The maximum absolute atomic E-state index is 13.5. The summed E-state index contributed by atoms with van der Waals surface area (Å²) in [5.41, 5.74) is 1.13. The van der Waals surface area contributed by atoms with E-state index in [1.807, 2.05) is 0 Å². The molecule has 34 heavy (non-hydrogen) atoms. The molecule has 10 heteroatoms. The number of hydrogen-bond acceptors (Lipinski definition) is 5. The Kier molecular flexibility index (Phi) is 8.19. The molecule has 3 aromatic rings. The van der Waals surface area contributed by atoms with E-state index < -0.39 is 28.4 Å². The smallest absolute Gasteiger partial charge is 0.339 e. The van der Waals surface area contributed by atoms with Crippen LogP contribution in [-0.2, 0) is 19.6 Å². The average Bonchev–Trinajstić information content (AvgIpc) is 2.81. The number of benzene rings is 3. The lowest BCUT2D eigenvalue weighted by Crippen LogP contribution is -2.38. The van der Waals surface area contributed by atoms with Crippen molar-refractivity contribution >= 4 is 56.5 Å². The maximum Gasteiger partial charge on any atom is 0.339 e. The number of sulfonamides is 1. The fourth-order valence-electron chi connectivity index (χ4n) is 3.18. The Morgan fingerprint density at radius 1 is 0.971 bits per heavy atom. The van der Waals surface area contributed by atoms with Gasteiger partial charge in [0.2, 0.25) is 5.91 Å². The minimum atomic E-state index is -4.10. The Balaban J connectivity index is 1.95. The number of rotatable bonds is 8. The number of anilines is 2. The standard InChI is InChI=1S/C24H22Cl2N2O5S/c1-3-33-24(30)19-14-17(12-13-21(19)26)27-23(29)15-28(22-11-7-10-20(25)16(22)2)34(31,32)18-8-5-4-6-9-18/h4-14H,3,15H2,1-2H3,(H,27,29). The van der Waals surface area contributed by atoms with Gasteiger partial charge in [0.1, 0.15) is 6.54 Å². The van der Waals surface area contributed by atoms with E-state index in [1.54, 1.807) is 50.2 Å². The molecule has 0 radical (unpaired) electrons. The molecule has 0 aliphatic heterocycles. The van der Waals surface area contributed by atoms with Crippen molar-refractivity contribution in [2.45, 2.75) is 18.7 Å². The molecule has 0 bridgehead atoms. The molecule has 0 atom stereocenters. The number of nitrogens with one attached hydrogen (secondary N) is 1. The Morgan fingerprint density at radius 3 is 2.35 bits per heavy atom. The highest BCUT2D eigenvalue weighted by Crippen LogP contribution is 2.31. The first kappa shape index (κ1) is 25.6. The van der Waals surface area contributed by atoms with Gasteiger partial charge in [0.15, 0.2) is 0 Å². The van der Waals surface area contributed by atoms with Crippen molar-refractivity contribution in [3.05, 3.63) is 87.9 Å². The number of carbonyl (C=O) groups excluding carboxylic acids is 2. The highest BCUT2D eigenvalue weighted by atomic mass is 35.5. The molecule has 1 N–H and O–H groups in total. The van der Waals surface area contributed by atoms with E-state index in [0.717, 1.165) is 4.31 Å². The summed E-state index contributed by atoms with van der Waals surface area (Å²) < 4.78 is 32.9. The molecule has 0 fully saturated rings. The van der Waals surface area contributed by atoms with Crippen molar-refractivity contribution in [2.24, 2.45) is 0 Å². The fraction of sp³-hybridized carbons (Fsp3) is 0.167. The number of halogens is 2. The third-order valence-electron chi connectivity index (χ3n) is 4.87. The normalized spacial score (nSPS) is 11.1. The van der Waals surface area contributed by atoms with Crippen molar-refractivity contribution in [1.29, 1.82) is 0 Å². The number of esters is 1. The van der Waals surface area contributed by atoms with E-state index in [2.05, 4.69) is 5.32 Å². The molecule has 0 aliphatic carbocycles. The quantitative estimate of drug-likeness (QED) is 0.406. The van der Waals surface area contributed by atoms with Crippen LogP contribution in [0.25, 0.3) is 0 Å². The average molecular weight is 521 g/mol. The summed E-state index contributed by atoms with van der Waals surface area (Å²) in [6.45, 7) is 2.97. The Labute approximate surface area is 208 Å². The summed E-state index contributed by atoms with van der Waals surface area (Å²) in [7, 11) is -4.10. The van der Waals surface area contributed by atoms with Gasteiger partial charge in [0.05, 0.1) is 27.8 Å². The summed E-state index contributed by atoms with van der Waals surface area (Å²) in [4.78, 5) is 25.1. The van der Waals surface area contributed by atoms with Crippen LogP contribution in [0.5, 0.6) is 0 Å². The molecular weight excluding hydrogens is 499 g/mol. The minimum absolute atomic E-state index is 0.0262. The first-order chi connectivity index (χ1) is 16.1. The number of carbonyl (C=O) groups is 2. The zero-order chi connectivity index (χ0) is 24.9. The highest BCUT2D eigenvalue weighted by molar-refractivity contribution is 7.92. The van der Waals surface area contributed by atoms with Gasteiger partial charge in [-0.25, -0.2) is 13.2 Å². The second kappa shape index (κ2) is 10.9. The lowest BCUT2D eigenvalue weighted by molar-refractivity contribution is -0.114. The first-order valence-electron chi connectivity index (χ1n) is 10.2. The predicted octanol–water partition coefficient (Wildman–Crippen LogP) is 5.31. The van der Waals surface area contributed by atoms with Gasteiger partial charge >= 0.3 is 5.97 Å². The summed E-state index contributed by atoms with van der Waals surface area (Å²) in [6, 6.07) is 16.9. The zero-order valence-corrected chi connectivity index (χ0v) is 20.7. The van der Waals surface area contributed by atoms with E-state index in [-0.39, 0.29) is 33.5 Å². The van der Waals surface area contributed by atoms with Crippen molar-refractivity contribution in [3.8, 4) is 0 Å². The minimum Gasteiger partial charge on any atom is -0.462 e. The number of ether oxygens (including phenoxy) is 1. The molecule has 0 unspecified atom stereocenters. The third kappa shape index (κ3) is 5.70. The lowest BCUT2D eigenvalue weighted by Gasteiger charge is -2.26. The van der Waals surface area contributed by atoms with Gasteiger partial charge < -0.3 is 10.1 Å². The van der Waals surface area contributed by atoms with Gasteiger partial charge in [-0.3, -0.25) is 9.10 Å². The van der Waals surface area contributed by atoms with Gasteiger partial charge in [-0.2, -0.15) is 0 Å². The topological polar surface area (TPSA) is 92.8 Å². The van der Waals surface area contributed by atoms with Gasteiger partial charge in [-0.15, -0.1) is 0 Å². The van der Waals surface area contributed by atoms with Crippen LogP contribution in [0.1, 0.15) is 22.8 Å². The predicted molar refractivity (Wildman–Crippen MR) is 133 cm³/mol. The van der Waals surface area contributed by atoms with Crippen molar-refractivity contribution < 1.29 is 22.7 Å². The van der Waals surface area contributed by atoms with Crippen LogP contribution in [-0.4, -0.2) is 33.4 Å². The molecule has 178 valence electrons. The summed E-state index contributed by atoms with van der Waals surface area (Å²) in [5, 5.41) is 3.15. The summed E-state index contributed by atoms with van der Waals surface area (Å²) >= 11 is 12.3. The lowest BCUT2D eigenvalue weighted by atomic mass is 10.2. The molecule has 7 nitrogen and oxygen atoms in total. The molecule has 3 rings (SSSR count). The Morgan fingerprint density at radius 2 is 1.68 bits per heavy atom. The van der Waals surface area contributed by atoms with Crippen LogP contribution >= 0.6 is 23.2 Å². The van der Waals surface area contributed by atoms with Gasteiger partial charge in [0, 0.05) is 10.7 Å². The molecule has 0 aliphatic rings. The van der Waals surface area contributed by atoms with E-state index in [1.165, 1.54) is 30.3 Å². The molecule has 0 spiro atoms. The highest BCUT2D eigenvalue weighted by Gasteiger charge is 2.29. The summed E-state index contributed by atoms with van der Waals surface area (Å²) in [5.74, 6) is -1.26. The van der Waals surface area contributed by atoms with Gasteiger partial charge in [-0.1, -0.05) is 47.5 Å². The largest absolute Gasteiger partial charge is 0.462 e. The van der Waals surface area contributed by atoms with Crippen molar-refractivity contribution in [2.75, 3.05) is 22.8 Å². The van der Waals surface area contributed by atoms with Crippen LogP contribution in [0.2, 0.25) is 10.0 Å². The molecule has 1 amide bonds. The number of hydrogen-bond donors (Lipinski definition) is 1. The molecular formula is C24H22Cl2N2O5S. The van der Waals surface area contributed by atoms with Crippen LogP contribution in [0.3, 0.4) is 0 Å². The van der Waals surface area contributed by atoms with Gasteiger partial charge in [0.25, 0.3) is 10.0 Å². The second-order valence-electron chi connectivity index (χ2n) is 7.17. The van der Waals surface area contributed by atoms with E-state index >= 15 is 0 Å². The molecule has 0 saturated heterocycles. The van der Waals surface area contributed by atoms with Crippen molar-refractivity contribution in [1.82, 2.24) is 0 Å². The van der Waals surface area contributed by atoms with E-state index in [4.69, 9.17) is 27.9 Å². The van der Waals surface area contributed by atoms with Crippen LogP contribution in [0, 0.1) is 6.92 Å². The maximum atomic E-state index is 13.5. The van der Waals surface area contributed by atoms with E-state index in [9.17, 15) is 18.0 Å². The number of nitrogens with zero attached hydrogens (tertiary/aromatic N) is 1. The Bertz CT molecular complexity index is 1310. The third-order valence-corrected chi connectivity index (χ3v) is 7.38. The first-order valence-corrected chi connectivity index (χ1v) is 12.4. The monoisotopic (exact) mass is 520 g/mol. The van der Waals surface area contributed by atoms with Crippen molar-refractivity contribution in [3.63, 3.8) is 0 Å². The molecule has 0 saturated carbocycles. The second-order valence-corrected chi connectivity index (χ2v) is 9.85. The van der Waals surface area contributed by atoms with Crippen LogP contribution < -0.4 is 9.62 Å². The zero-order valence-electron chi connectivity index (χ0n) is 18.4.